The third-order valence-corrected chi connectivity index (χ3v) is 3.99. The van der Waals surface area contributed by atoms with Crippen LogP contribution in [0.2, 0.25) is 0 Å². The molecule has 1 aliphatic carbocycles. The van der Waals surface area contributed by atoms with Gasteiger partial charge in [0, 0.05) is 16.8 Å². The highest BCUT2D eigenvalue weighted by molar-refractivity contribution is 7.09. The second-order valence-electron chi connectivity index (χ2n) is 4.31. The molecule has 0 aromatic carbocycles. The van der Waals surface area contributed by atoms with Crippen LogP contribution in [0.4, 0.5) is 0 Å². The van der Waals surface area contributed by atoms with Crippen LogP contribution in [-0.2, 0) is 19.4 Å². The molecule has 0 saturated heterocycles. The second-order valence-corrected chi connectivity index (χ2v) is 5.28. The van der Waals surface area contributed by atoms with Crippen LogP contribution < -0.4 is 0 Å². The quantitative estimate of drug-likeness (QED) is 0.798. The van der Waals surface area contributed by atoms with E-state index in [1.54, 1.807) is 11.3 Å². The first kappa shape index (κ1) is 10.0. The predicted molar refractivity (Wildman–Crippen MR) is 64.8 cm³/mol. The van der Waals surface area contributed by atoms with Crippen molar-refractivity contribution in [2.24, 2.45) is 0 Å². The number of rotatable bonds is 2. The molecule has 0 saturated carbocycles. The molecule has 0 atom stereocenters. The topological polar surface area (TPSA) is 30.7 Å². The lowest BCUT2D eigenvalue weighted by molar-refractivity contribution is 0.626. The summed E-state index contributed by atoms with van der Waals surface area (Å²) in [6.07, 6.45) is 6.91. The molecule has 2 aromatic heterocycles. The van der Waals surface area contributed by atoms with E-state index in [0.717, 1.165) is 18.8 Å². The maximum atomic E-state index is 4.68. The highest BCUT2D eigenvalue weighted by Gasteiger charge is 2.18. The number of hydrogen-bond acceptors (Lipinski definition) is 3. The highest BCUT2D eigenvalue weighted by atomic mass is 32.1. The molecular weight excluding hydrogens is 218 g/mol. The minimum Gasteiger partial charge on any atom is -0.327 e. The van der Waals surface area contributed by atoms with Gasteiger partial charge in [-0.15, -0.1) is 11.3 Å². The molecule has 3 nitrogen and oxygen atoms in total. The van der Waals surface area contributed by atoms with Crippen LogP contribution >= 0.6 is 11.3 Å². The molecule has 2 heterocycles. The highest BCUT2D eigenvalue weighted by Crippen LogP contribution is 2.23. The van der Waals surface area contributed by atoms with Gasteiger partial charge in [-0.3, -0.25) is 4.98 Å². The van der Waals surface area contributed by atoms with E-state index in [-0.39, 0.29) is 0 Å². The molecule has 4 heteroatoms. The van der Waals surface area contributed by atoms with Crippen LogP contribution in [0.5, 0.6) is 0 Å². The Morgan fingerprint density at radius 1 is 1.38 bits per heavy atom. The van der Waals surface area contributed by atoms with Gasteiger partial charge in [0.05, 0.1) is 17.7 Å². The molecular formula is C12H15N3S. The van der Waals surface area contributed by atoms with Crippen LogP contribution in [-0.4, -0.2) is 14.5 Å². The summed E-state index contributed by atoms with van der Waals surface area (Å²) < 4.78 is 2.36. The first-order valence-corrected chi connectivity index (χ1v) is 6.65. The van der Waals surface area contributed by atoms with E-state index >= 15 is 0 Å². The molecule has 0 aliphatic heterocycles. The fourth-order valence-corrected chi connectivity index (χ4v) is 3.00. The maximum absolute atomic E-state index is 4.68. The zero-order valence-electron chi connectivity index (χ0n) is 9.44. The molecule has 0 spiro atoms. The van der Waals surface area contributed by atoms with Gasteiger partial charge in [0.1, 0.15) is 5.82 Å². The Labute approximate surface area is 99.2 Å². The zero-order chi connectivity index (χ0) is 11.0. The Hall–Kier alpha value is -1.16. The van der Waals surface area contributed by atoms with E-state index in [4.69, 9.17) is 0 Å². The number of imidazole rings is 1. The molecule has 2 aromatic rings. The van der Waals surface area contributed by atoms with Crippen LogP contribution in [0.3, 0.4) is 0 Å². The van der Waals surface area contributed by atoms with Gasteiger partial charge in [0.2, 0.25) is 0 Å². The molecule has 0 bridgehead atoms. The molecule has 0 fully saturated rings. The van der Waals surface area contributed by atoms with Crippen molar-refractivity contribution in [3.05, 3.63) is 33.8 Å². The first-order chi connectivity index (χ1) is 7.84. The summed E-state index contributed by atoms with van der Waals surface area (Å²) in [5, 5.41) is 0. The summed E-state index contributed by atoms with van der Waals surface area (Å²) in [6, 6.07) is 0. The molecule has 0 amide bonds. The van der Waals surface area contributed by atoms with Crippen molar-refractivity contribution in [3.63, 3.8) is 0 Å². The van der Waals surface area contributed by atoms with Crippen LogP contribution in [0, 0.1) is 6.92 Å². The molecule has 16 heavy (non-hydrogen) atoms. The molecule has 1 aliphatic rings. The minimum atomic E-state index is 0.943. The van der Waals surface area contributed by atoms with Crippen molar-refractivity contribution >= 4 is 11.3 Å². The van der Waals surface area contributed by atoms with Gasteiger partial charge < -0.3 is 4.57 Å². The Kier molecular flexibility index (Phi) is 2.52. The number of aryl methyl sites for hydroxylation is 2. The second kappa shape index (κ2) is 4.01. The fraction of sp³-hybridized carbons (Fsp3) is 0.500. The van der Waals surface area contributed by atoms with Crippen molar-refractivity contribution in [3.8, 4) is 0 Å². The van der Waals surface area contributed by atoms with Gasteiger partial charge in [-0.1, -0.05) is 0 Å². The Morgan fingerprint density at radius 2 is 2.25 bits per heavy atom. The van der Waals surface area contributed by atoms with E-state index in [1.807, 2.05) is 11.7 Å². The SMILES string of the molecule is Cc1nc2c(n1Cc1cncs1)CCCC2. The summed E-state index contributed by atoms with van der Waals surface area (Å²) in [6.45, 7) is 3.05. The largest absolute Gasteiger partial charge is 0.327 e. The van der Waals surface area contributed by atoms with Crippen molar-refractivity contribution in [1.29, 1.82) is 0 Å². The lowest BCUT2D eigenvalue weighted by Gasteiger charge is -2.13. The number of fused-ring (bicyclic) bond motifs is 1. The van der Waals surface area contributed by atoms with E-state index in [0.29, 0.717) is 0 Å². The van der Waals surface area contributed by atoms with Crippen LogP contribution in [0.1, 0.15) is 34.9 Å². The fourth-order valence-electron chi connectivity index (χ4n) is 2.42. The smallest absolute Gasteiger partial charge is 0.106 e. The van der Waals surface area contributed by atoms with Gasteiger partial charge >= 0.3 is 0 Å². The van der Waals surface area contributed by atoms with Gasteiger partial charge in [-0.05, 0) is 32.6 Å². The van der Waals surface area contributed by atoms with Gasteiger partial charge in [-0.25, -0.2) is 4.98 Å². The Balaban J connectivity index is 1.97. The van der Waals surface area contributed by atoms with Crippen molar-refractivity contribution in [2.45, 2.75) is 39.2 Å². The van der Waals surface area contributed by atoms with E-state index in [2.05, 4.69) is 21.5 Å². The number of nitrogens with zero attached hydrogens (tertiary/aromatic N) is 3. The molecule has 0 radical (unpaired) electrons. The number of thiazole rings is 1. The molecule has 0 unspecified atom stereocenters. The zero-order valence-corrected chi connectivity index (χ0v) is 10.3. The Bertz CT molecular complexity index is 485. The van der Waals surface area contributed by atoms with E-state index < -0.39 is 0 Å². The lowest BCUT2D eigenvalue weighted by atomic mass is 10.0. The summed E-state index contributed by atoms with van der Waals surface area (Å²) in [5.74, 6) is 1.15. The Morgan fingerprint density at radius 3 is 3.06 bits per heavy atom. The summed E-state index contributed by atoms with van der Waals surface area (Å²) >= 11 is 1.72. The average molecular weight is 233 g/mol. The third kappa shape index (κ3) is 1.67. The third-order valence-electron chi connectivity index (χ3n) is 3.22. The normalized spacial score (nSPS) is 15.1. The lowest BCUT2D eigenvalue weighted by Crippen LogP contribution is -2.09. The average Bonchev–Trinajstić information content (AvgIpc) is 2.89. The summed E-state index contributed by atoms with van der Waals surface area (Å²) in [5.41, 5.74) is 4.68. The maximum Gasteiger partial charge on any atom is 0.106 e. The minimum absolute atomic E-state index is 0.943. The first-order valence-electron chi connectivity index (χ1n) is 5.77. The monoisotopic (exact) mass is 233 g/mol. The summed E-state index contributed by atoms with van der Waals surface area (Å²) in [7, 11) is 0. The van der Waals surface area contributed by atoms with Crippen molar-refractivity contribution in [2.75, 3.05) is 0 Å². The van der Waals surface area contributed by atoms with Crippen molar-refractivity contribution in [1.82, 2.24) is 14.5 Å². The van der Waals surface area contributed by atoms with E-state index in [9.17, 15) is 0 Å². The molecule has 0 N–H and O–H groups in total. The number of hydrogen-bond donors (Lipinski definition) is 0. The van der Waals surface area contributed by atoms with Gasteiger partial charge in [-0.2, -0.15) is 0 Å². The summed E-state index contributed by atoms with van der Waals surface area (Å²) in [4.78, 5) is 10.1. The van der Waals surface area contributed by atoms with Crippen LogP contribution in [0.15, 0.2) is 11.7 Å². The van der Waals surface area contributed by atoms with Crippen molar-refractivity contribution < 1.29 is 0 Å². The molecule has 84 valence electrons. The van der Waals surface area contributed by atoms with Crippen LogP contribution in [0.25, 0.3) is 0 Å². The van der Waals surface area contributed by atoms with Gasteiger partial charge in [0.25, 0.3) is 0 Å². The van der Waals surface area contributed by atoms with Gasteiger partial charge in [0.15, 0.2) is 0 Å². The van der Waals surface area contributed by atoms with E-state index in [1.165, 1.54) is 35.5 Å². The number of aromatic nitrogens is 3. The molecule has 3 rings (SSSR count). The predicted octanol–water partition coefficient (Wildman–Crippen LogP) is 2.58. The standard InChI is InChI=1S/C12H15N3S/c1-9-14-11-4-2-3-5-12(11)15(9)7-10-6-13-8-16-10/h6,8H,2-5,7H2,1H3.